The smallest absolute Gasteiger partial charge is 0.269 e. The molecule has 4 nitrogen and oxygen atoms in total. The van der Waals surface area contributed by atoms with Crippen LogP contribution in [0.1, 0.15) is 22.2 Å². The Bertz CT molecular complexity index is 819. The van der Waals surface area contributed by atoms with Gasteiger partial charge in [-0.25, -0.2) is 0 Å². The van der Waals surface area contributed by atoms with Crippen LogP contribution in [0.5, 0.6) is 0 Å². The van der Waals surface area contributed by atoms with Gasteiger partial charge in [0.2, 0.25) is 0 Å². The molecule has 24 heavy (non-hydrogen) atoms. The Morgan fingerprint density at radius 1 is 1.17 bits per heavy atom. The van der Waals surface area contributed by atoms with Crippen LogP contribution in [0.4, 0.5) is 0 Å². The van der Waals surface area contributed by atoms with Crippen molar-refractivity contribution >= 4 is 28.4 Å². The predicted octanol–water partition coefficient (Wildman–Crippen LogP) is 3.95. The summed E-state index contributed by atoms with van der Waals surface area (Å²) < 4.78 is 7.30. The lowest BCUT2D eigenvalue weighted by atomic mass is 10.1. The number of nitrogens with one attached hydrogen (secondary N) is 1. The highest BCUT2D eigenvalue weighted by Gasteiger charge is 2.20. The second-order valence-corrected chi connectivity index (χ2v) is 5.96. The number of benzene rings is 2. The molecule has 0 aliphatic heterocycles. The average Bonchev–Trinajstić information content (AvgIpc) is 2.88. The van der Waals surface area contributed by atoms with Crippen molar-refractivity contribution in [1.29, 1.82) is 0 Å². The summed E-state index contributed by atoms with van der Waals surface area (Å²) in [6, 6.07) is 17.5. The van der Waals surface area contributed by atoms with Crippen molar-refractivity contribution in [2.24, 2.45) is 7.05 Å². The maximum atomic E-state index is 12.6. The highest BCUT2D eigenvalue weighted by atomic mass is 35.5. The molecule has 1 amide bonds. The first-order chi connectivity index (χ1) is 11.6. The second-order valence-electron chi connectivity index (χ2n) is 5.58. The molecule has 1 heterocycles. The topological polar surface area (TPSA) is 43.3 Å². The number of carbonyl (C=O) groups excluding carboxylic acids is 1. The maximum absolute atomic E-state index is 12.6. The van der Waals surface area contributed by atoms with E-state index in [9.17, 15) is 4.79 Å². The lowest BCUT2D eigenvalue weighted by molar-refractivity contribution is 0.0822. The Kier molecular flexibility index (Phi) is 4.88. The molecule has 0 fully saturated rings. The van der Waals surface area contributed by atoms with Crippen LogP contribution in [-0.4, -0.2) is 24.1 Å². The fourth-order valence-electron chi connectivity index (χ4n) is 2.87. The summed E-state index contributed by atoms with van der Waals surface area (Å²) in [7, 11) is 3.47. The highest BCUT2D eigenvalue weighted by molar-refractivity contribution is 6.38. The number of ether oxygens (including phenoxy) is 1. The third-order valence-electron chi connectivity index (χ3n) is 4.16. The number of aromatic nitrogens is 1. The minimum Gasteiger partial charge on any atom is -0.375 e. The van der Waals surface area contributed by atoms with E-state index in [4.69, 9.17) is 16.3 Å². The third kappa shape index (κ3) is 3.03. The minimum absolute atomic E-state index is 0.205. The molecule has 0 bridgehead atoms. The van der Waals surface area contributed by atoms with E-state index in [2.05, 4.69) is 5.32 Å². The number of nitrogens with zero attached hydrogens (tertiary/aromatic N) is 1. The van der Waals surface area contributed by atoms with Crippen molar-refractivity contribution in [2.75, 3.05) is 13.7 Å². The summed E-state index contributed by atoms with van der Waals surface area (Å²) in [4.78, 5) is 12.6. The van der Waals surface area contributed by atoms with Gasteiger partial charge in [-0.05, 0) is 11.6 Å². The number of hydrogen-bond donors (Lipinski definition) is 1. The number of methoxy groups -OCH3 is 1. The molecule has 0 radical (unpaired) electrons. The van der Waals surface area contributed by atoms with Gasteiger partial charge >= 0.3 is 0 Å². The zero-order valence-electron chi connectivity index (χ0n) is 13.6. The van der Waals surface area contributed by atoms with Gasteiger partial charge in [0.25, 0.3) is 5.91 Å². The molecule has 1 N–H and O–H groups in total. The van der Waals surface area contributed by atoms with Crippen LogP contribution in [0.25, 0.3) is 10.9 Å². The Balaban J connectivity index is 1.80. The molecule has 124 valence electrons. The van der Waals surface area contributed by atoms with Gasteiger partial charge in [-0.2, -0.15) is 0 Å². The van der Waals surface area contributed by atoms with Crippen molar-refractivity contribution in [2.45, 2.75) is 6.10 Å². The van der Waals surface area contributed by atoms with Gasteiger partial charge in [-0.15, -0.1) is 0 Å². The van der Waals surface area contributed by atoms with Crippen molar-refractivity contribution in [3.8, 4) is 0 Å². The summed E-state index contributed by atoms with van der Waals surface area (Å²) in [6.45, 7) is 0.372. The summed E-state index contributed by atoms with van der Waals surface area (Å²) in [6.07, 6.45) is -0.205. The number of halogens is 1. The van der Waals surface area contributed by atoms with Crippen LogP contribution in [-0.2, 0) is 11.8 Å². The van der Waals surface area contributed by atoms with E-state index in [-0.39, 0.29) is 12.0 Å². The van der Waals surface area contributed by atoms with E-state index in [0.717, 1.165) is 16.5 Å². The molecule has 5 heteroatoms. The fraction of sp³-hybridized carbons (Fsp3) is 0.211. The molecule has 2 aromatic carbocycles. The predicted molar refractivity (Wildman–Crippen MR) is 96.5 cm³/mol. The lowest BCUT2D eigenvalue weighted by Gasteiger charge is -2.16. The number of hydrogen-bond acceptors (Lipinski definition) is 2. The quantitative estimate of drug-likeness (QED) is 0.763. The minimum atomic E-state index is -0.211. The van der Waals surface area contributed by atoms with Crippen LogP contribution in [0.3, 0.4) is 0 Å². The van der Waals surface area contributed by atoms with Crippen molar-refractivity contribution in [3.05, 3.63) is 70.9 Å². The van der Waals surface area contributed by atoms with Gasteiger partial charge < -0.3 is 14.6 Å². The molecule has 3 rings (SSSR count). The van der Waals surface area contributed by atoms with Crippen LogP contribution in [0, 0.1) is 0 Å². The summed E-state index contributed by atoms with van der Waals surface area (Å²) in [5.41, 5.74) is 2.41. The van der Waals surface area contributed by atoms with E-state index in [1.54, 1.807) is 7.11 Å². The van der Waals surface area contributed by atoms with Crippen molar-refractivity contribution in [3.63, 3.8) is 0 Å². The van der Waals surface area contributed by atoms with E-state index in [1.807, 2.05) is 66.2 Å². The summed E-state index contributed by atoms with van der Waals surface area (Å²) >= 11 is 6.41. The zero-order valence-corrected chi connectivity index (χ0v) is 14.4. The van der Waals surface area contributed by atoms with Crippen LogP contribution < -0.4 is 5.32 Å². The zero-order chi connectivity index (χ0) is 17.1. The molecule has 0 spiro atoms. The Hall–Kier alpha value is -2.30. The number of para-hydroxylation sites is 1. The Morgan fingerprint density at radius 3 is 2.50 bits per heavy atom. The van der Waals surface area contributed by atoms with E-state index in [1.165, 1.54) is 0 Å². The summed E-state index contributed by atoms with van der Waals surface area (Å²) in [5, 5.41) is 4.27. The van der Waals surface area contributed by atoms with E-state index < -0.39 is 0 Å². The first-order valence-electron chi connectivity index (χ1n) is 7.72. The van der Waals surface area contributed by atoms with Crippen molar-refractivity contribution in [1.82, 2.24) is 9.88 Å². The Morgan fingerprint density at radius 2 is 1.83 bits per heavy atom. The van der Waals surface area contributed by atoms with Crippen molar-refractivity contribution < 1.29 is 9.53 Å². The number of fused-ring (bicyclic) bond motifs is 1. The van der Waals surface area contributed by atoms with Crippen LogP contribution in [0.2, 0.25) is 5.02 Å². The molecular formula is C19H19ClN2O2. The SMILES string of the molecule is COC(CNC(=O)c1c(Cl)c2ccccc2n1C)c1ccccc1. The number of amides is 1. The van der Waals surface area contributed by atoms with Gasteiger partial charge in [-0.3, -0.25) is 4.79 Å². The molecule has 3 aromatic rings. The fourth-order valence-corrected chi connectivity index (χ4v) is 3.25. The maximum Gasteiger partial charge on any atom is 0.269 e. The molecule has 0 saturated carbocycles. The number of rotatable bonds is 5. The molecule has 1 aromatic heterocycles. The summed E-state index contributed by atoms with van der Waals surface area (Å²) in [5.74, 6) is -0.211. The van der Waals surface area contributed by atoms with Crippen LogP contribution >= 0.6 is 11.6 Å². The molecule has 1 atom stereocenters. The second kappa shape index (κ2) is 7.07. The highest BCUT2D eigenvalue weighted by Crippen LogP contribution is 2.29. The standard InChI is InChI=1S/C19H19ClN2O2/c1-22-15-11-7-6-10-14(15)17(20)18(22)19(23)21-12-16(24-2)13-8-4-3-5-9-13/h3-11,16H,12H2,1-2H3,(H,21,23). The van der Waals surface area contributed by atoms with Crippen LogP contribution in [0.15, 0.2) is 54.6 Å². The third-order valence-corrected chi connectivity index (χ3v) is 4.55. The molecular weight excluding hydrogens is 324 g/mol. The first-order valence-corrected chi connectivity index (χ1v) is 8.10. The van der Waals surface area contributed by atoms with Gasteiger partial charge in [-0.1, -0.05) is 60.1 Å². The monoisotopic (exact) mass is 342 g/mol. The van der Waals surface area contributed by atoms with E-state index in [0.29, 0.717) is 17.3 Å². The van der Waals surface area contributed by atoms with E-state index >= 15 is 0 Å². The van der Waals surface area contributed by atoms with Gasteiger partial charge in [0.15, 0.2) is 0 Å². The number of aryl methyl sites for hydroxylation is 1. The lowest BCUT2D eigenvalue weighted by Crippen LogP contribution is -2.30. The largest absolute Gasteiger partial charge is 0.375 e. The number of carbonyl (C=O) groups is 1. The van der Waals surface area contributed by atoms with Gasteiger partial charge in [0.1, 0.15) is 5.69 Å². The normalized spacial score (nSPS) is 12.3. The van der Waals surface area contributed by atoms with Gasteiger partial charge in [0.05, 0.1) is 11.1 Å². The molecule has 1 unspecified atom stereocenters. The molecule has 0 aliphatic rings. The average molecular weight is 343 g/mol. The van der Waals surface area contributed by atoms with Gasteiger partial charge in [0, 0.05) is 31.6 Å². The first kappa shape index (κ1) is 16.6. The Labute approximate surface area is 146 Å². The molecule has 0 saturated heterocycles. The molecule has 0 aliphatic carbocycles.